The molecule has 1 saturated carbocycles. The summed E-state index contributed by atoms with van der Waals surface area (Å²) < 4.78 is 1.65. The van der Waals surface area contributed by atoms with Crippen molar-refractivity contribution in [3.8, 4) is 0 Å². The van der Waals surface area contributed by atoms with Gasteiger partial charge < -0.3 is 11.6 Å². The van der Waals surface area contributed by atoms with E-state index in [1.807, 2.05) is 0 Å². The Kier molecular flexibility index (Phi) is 6.40. The summed E-state index contributed by atoms with van der Waals surface area (Å²) >= 11 is 0. The predicted molar refractivity (Wildman–Crippen MR) is 89.7 cm³/mol. The van der Waals surface area contributed by atoms with E-state index in [2.05, 4.69) is 6.92 Å². The van der Waals surface area contributed by atoms with Gasteiger partial charge in [0.1, 0.15) is 11.6 Å². The van der Waals surface area contributed by atoms with Crippen LogP contribution in [0.1, 0.15) is 95.0 Å². The Bertz CT molecular complexity index is 419. The quantitative estimate of drug-likeness (QED) is 0.531. The van der Waals surface area contributed by atoms with Gasteiger partial charge in [0.2, 0.25) is 0 Å². The molecule has 1 heterocycles. The molecule has 1 fully saturated rings. The maximum Gasteiger partial charge on any atom is 0.145 e. The highest BCUT2D eigenvalue weighted by Gasteiger charge is 2.24. The number of nitrogens with zero attached hydrogens (tertiary/aromatic N) is 2. The number of hydrogen-bond donors (Lipinski definition) is 2. The zero-order valence-electron chi connectivity index (χ0n) is 13.6. The van der Waals surface area contributed by atoms with Gasteiger partial charge in [0.25, 0.3) is 0 Å². The topological polar surface area (TPSA) is 69.9 Å². The number of nitrogens with two attached hydrogens (primary N) is 2. The number of unbranched alkanes of at least 4 members (excludes halogenated alkanes) is 6. The molecule has 0 spiro atoms. The molecule has 1 aromatic rings. The van der Waals surface area contributed by atoms with Gasteiger partial charge in [-0.3, -0.25) is 0 Å². The molecule has 1 aromatic heterocycles. The molecular formula is C17H32N4. The van der Waals surface area contributed by atoms with E-state index >= 15 is 0 Å². The second-order valence-electron chi connectivity index (χ2n) is 6.52. The van der Waals surface area contributed by atoms with Crippen molar-refractivity contribution in [3.05, 3.63) is 11.5 Å². The van der Waals surface area contributed by atoms with Crippen LogP contribution in [-0.2, 0) is 6.42 Å². The number of imidazole rings is 1. The lowest BCUT2D eigenvalue weighted by Crippen LogP contribution is -2.17. The van der Waals surface area contributed by atoms with Crippen LogP contribution in [0.4, 0.5) is 5.82 Å². The minimum Gasteiger partial charge on any atom is -0.382 e. The van der Waals surface area contributed by atoms with E-state index in [1.165, 1.54) is 70.6 Å². The van der Waals surface area contributed by atoms with E-state index in [-0.39, 0.29) is 0 Å². The van der Waals surface area contributed by atoms with Gasteiger partial charge in [0.15, 0.2) is 0 Å². The third-order valence-electron chi connectivity index (χ3n) is 4.79. The first-order valence-corrected chi connectivity index (χ1v) is 8.86. The monoisotopic (exact) mass is 292 g/mol. The van der Waals surface area contributed by atoms with Crippen LogP contribution in [0.2, 0.25) is 0 Å². The summed E-state index contributed by atoms with van der Waals surface area (Å²) in [6.07, 6.45) is 15.2. The molecule has 0 aliphatic heterocycles. The average molecular weight is 292 g/mol. The van der Waals surface area contributed by atoms with Crippen LogP contribution in [0.5, 0.6) is 0 Å². The van der Waals surface area contributed by atoms with Crippen LogP contribution in [0.25, 0.3) is 0 Å². The van der Waals surface area contributed by atoms with Gasteiger partial charge in [-0.1, -0.05) is 58.3 Å². The fraction of sp³-hybridized carbons (Fsp3) is 0.824. The molecule has 0 radical (unpaired) electrons. The van der Waals surface area contributed by atoms with Gasteiger partial charge >= 0.3 is 0 Å². The Balaban J connectivity index is 1.76. The maximum atomic E-state index is 6.13. The molecule has 0 saturated heterocycles. The van der Waals surface area contributed by atoms with E-state index in [9.17, 15) is 0 Å². The van der Waals surface area contributed by atoms with Crippen molar-refractivity contribution in [1.29, 1.82) is 0 Å². The zero-order valence-corrected chi connectivity index (χ0v) is 13.6. The van der Waals surface area contributed by atoms with Crippen molar-refractivity contribution in [2.45, 2.75) is 89.9 Å². The molecule has 120 valence electrons. The summed E-state index contributed by atoms with van der Waals surface area (Å²) in [5.41, 5.74) is 7.15. The Morgan fingerprint density at radius 2 is 1.67 bits per heavy atom. The molecule has 21 heavy (non-hydrogen) atoms. The number of hydrogen-bond acceptors (Lipinski definition) is 3. The summed E-state index contributed by atoms with van der Waals surface area (Å²) in [5.74, 6) is 8.33. The predicted octanol–water partition coefficient (Wildman–Crippen LogP) is 4.13. The second-order valence-corrected chi connectivity index (χ2v) is 6.52. The summed E-state index contributed by atoms with van der Waals surface area (Å²) in [4.78, 5) is 4.75. The Morgan fingerprint density at radius 3 is 2.33 bits per heavy atom. The van der Waals surface area contributed by atoms with Crippen LogP contribution in [0.15, 0.2) is 0 Å². The fourth-order valence-corrected chi connectivity index (χ4v) is 3.42. The van der Waals surface area contributed by atoms with Gasteiger partial charge in [-0.15, -0.1) is 0 Å². The van der Waals surface area contributed by atoms with E-state index in [4.69, 9.17) is 16.6 Å². The Labute approximate surface area is 129 Å². The third-order valence-corrected chi connectivity index (χ3v) is 4.79. The fourth-order valence-electron chi connectivity index (χ4n) is 3.42. The molecule has 1 aliphatic rings. The van der Waals surface area contributed by atoms with Gasteiger partial charge in [0.05, 0.1) is 5.69 Å². The molecule has 4 N–H and O–H groups in total. The number of rotatable bonds is 9. The van der Waals surface area contributed by atoms with Crippen molar-refractivity contribution in [2.75, 3.05) is 11.6 Å². The maximum absolute atomic E-state index is 6.13. The van der Waals surface area contributed by atoms with E-state index in [1.54, 1.807) is 4.68 Å². The first-order chi connectivity index (χ1) is 10.2. The Morgan fingerprint density at radius 1 is 1.05 bits per heavy atom. The Hall–Kier alpha value is -1.19. The molecule has 0 atom stereocenters. The average Bonchev–Trinajstić information content (AvgIpc) is 3.10. The van der Waals surface area contributed by atoms with Crippen LogP contribution in [-0.4, -0.2) is 9.66 Å². The minimum absolute atomic E-state index is 0.528. The molecule has 0 bridgehead atoms. The molecule has 1 aliphatic carbocycles. The van der Waals surface area contributed by atoms with Crippen molar-refractivity contribution in [2.24, 2.45) is 0 Å². The summed E-state index contributed by atoms with van der Waals surface area (Å²) in [6.45, 7) is 2.26. The van der Waals surface area contributed by atoms with E-state index in [0.29, 0.717) is 11.7 Å². The number of anilines is 1. The molecule has 4 heteroatoms. The second kappa shape index (κ2) is 8.30. The smallest absolute Gasteiger partial charge is 0.145 e. The van der Waals surface area contributed by atoms with Crippen molar-refractivity contribution in [1.82, 2.24) is 9.66 Å². The van der Waals surface area contributed by atoms with Crippen LogP contribution in [0, 0.1) is 0 Å². The molecule has 0 unspecified atom stereocenters. The van der Waals surface area contributed by atoms with Crippen molar-refractivity contribution >= 4 is 5.82 Å². The normalized spacial score (nSPS) is 15.9. The lowest BCUT2D eigenvalue weighted by atomic mass is 10.1. The lowest BCUT2D eigenvalue weighted by molar-refractivity contribution is 0.587. The number of aromatic nitrogens is 2. The highest BCUT2D eigenvalue weighted by Crippen LogP contribution is 2.34. The first-order valence-electron chi connectivity index (χ1n) is 8.86. The molecule has 0 amide bonds. The van der Waals surface area contributed by atoms with E-state index < -0.39 is 0 Å². The highest BCUT2D eigenvalue weighted by molar-refractivity contribution is 5.39. The minimum atomic E-state index is 0.528. The largest absolute Gasteiger partial charge is 0.382 e. The van der Waals surface area contributed by atoms with Crippen LogP contribution >= 0.6 is 0 Å². The summed E-state index contributed by atoms with van der Waals surface area (Å²) in [6, 6.07) is 0. The molecule has 0 aromatic carbocycles. The van der Waals surface area contributed by atoms with Crippen molar-refractivity contribution < 1.29 is 0 Å². The third kappa shape index (κ3) is 4.39. The first kappa shape index (κ1) is 16.2. The van der Waals surface area contributed by atoms with Crippen LogP contribution in [0.3, 0.4) is 0 Å². The summed E-state index contributed by atoms with van der Waals surface area (Å²) in [7, 11) is 0. The van der Waals surface area contributed by atoms with Gasteiger partial charge in [-0.25, -0.2) is 9.66 Å². The summed E-state index contributed by atoms with van der Waals surface area (Å²) in [5, 5.41) is 0. The molecule has 2 rings (SSSR count). The highest BCUT2D eigenvalue weighted by atomic mass is 15.4. The number of aryl methyl sites for hydroxylation is 1. The lowest BCUT2D eigenvalue weighted by Gasteiger charge is -2.08. The van der Waals surface area contributed by atoms with E-state index in [0.717, 1.165) is 17.9 Å². The molecular weight excluding hydrogens is 260 g/mol. The van der Waals surface area contributed by atoms with Crippen molar-refractivity contribution in [3.63, 3.8) is 0 Å². The number of nitrogen functional groups attached to an aromatic ring is 2. The van der Waals surface area contributed by atoms with Gasteiger partial charge in [-0.05, 0) is 25.7 Å². The standard InChI is InChI=1S/C17H32N4/c1-2-3-4-5-6-7-8-13-15-16(18)21(19)17(20-15)14-11-9-10-12-14/h14H,2-13,18-19H2,1H3. The van der Waals surface area contributed by atoms with Gasteiger partial charge in [0, 0.05) is 5.92 Å². The van der Waals surface area contributed by atoms with Crippen LogP contribution < -0.4 is 11.6 Å². The zero-order chi connectivity index (χ0) is 15.1. The SMILES string of the molecule is CCCCCCCCCc1nc(C2CCCC2)n(N)c1N. The van der Waals surface area contributed by atoms with Gasteiger partial charge in [-0.2, -0.15) is 0 Å². The molecule has 4 nitrogen and oxygen atoms in total.